The molecule has 7 heteroatoms. The molecular formula is C12H16ClFN2O2S. The van der Waals surface area contributed by atoms with Crippen molar-refractivity contribution in [1.29, 1.82) is 0 Å². The van der Waals surface area contributed by atoms with Gasteiger partial charge in [0, 0.05) is 6.04 Å². The summed E-state index contributed by atoms with van der Waals surface area (Å²) in [5.41, 5.74) is 0.563. The van der Waals surface area contributed by atoms with Crippen LogP contribution >= 0.6 is 12.4 Å². The van der Waals surface area contributed by atoms with E-state index >= 15 is 0 Å². The van der Waals surface area contributed by atoms with Crippen molar-refractivity contribution in [3.05, 3.63) is 29.6 Å². The van der Waals surface area contributed by atoms with Crippen molar-refractivity contribution in [3.63, 3.8) is 0 Å². The SMILES string of the molecule is Cc1ccc(F)cc1S(=O)(=O)NC1C2CNCC21.Cl. The van der Waals surface area contributed by atoms with Crippen LogP contribution in [-0.4, -0.2) is 27.5 Å². The highest BCUT2D eigenvalue weighted by molar-refractivity contribution is 7.89. The summed E-state index contributed by atoms with van der Waals surface area (Å²) in [6, 6.07) is 3.84. The summed E-state index contributed by atoms with van der Waals surface area (Å²) >= 11 is 0. The summed E-state index contributed by atoms with van der Waals surface area (Å²) in [7, 11) is -3.61. The van der Waals surface area contributed by atoms with Gasteiger partial charge in [-0.15, -0.1) is 12.4 Å². The smallest absolute Gasteiger partial charge is 0.241 e. The molecule has 3 rings (SSSR count). The van der Waals surface area contributed by atoms with Crippen LogP contribution in [0.4, 0.5) is 4.39 Å². The van der Waals surface area contributed by atoms with Crippen LogP contribution in [0.5, 0.6) is 0 Å². The zero-order valence-corrected chi connectivity index (χ0v) is 12.0. The molecule has 2 unspecified atom stereocenters. The van der Waals surface area contributed by atoms with E-state index in [1.807, 2.05) is 0 Å². The van der Waals surface area contributed by atoms with Crippen molar-refractivity contribution in [3.8, 4) is 0 Å². The van der Waals surface area contributed by atoms with Crippen LogP contribution in [0.3, 0.4) is 0 Å². The fourth-order valence-electron chi connectivity index (χ4n) is 2.70. The summed E-state index contributed by atoms with van der Waals surface area (Å²) in [4.78, 5) is 0.0421. The largest absolute Gasteiger partial charge is 0.316 e. The van der Waals surface area contributed by atoms with Gasteiger partial charge in [0.25, 0.3) is 0 Å². The normalized spacial score (nSPS) is 28.6. The van der Waals surface area contributed by atoms with Gasteiger partial charge in [-0.3, -0.25) is 0 Å². The van der Waals surface area contributed by atoms with E-state index < -0.39 is 15.8 Å². The van der Waals surface area contributed by atoms with Gasteiger partial charge in [0.1, 0.15) is 5.82 Å². The standard InChI is InChI=1S/C12H15FN2O2S.ClH/c1-7-2-3-8(13)4-11(7)18(16,17)15-12-9-5-14-6-10(9)12;/h2-4,9-10,12,14-15H,5-6H2,1H3;1H. The van der Waals surface area contributed by atoms with Gasteiger partial charge < -0.3 is 5.32 Å². The van der Waals surface area contributed by atoms with Crippen LogP contribution in [0.25, 0.3) is 0 Å². The molecule has 19 heavy (non-hydrogen) atoms. The third kappa shape index (κ3) is 2.63. The van der Waals surface area contributed by atoms with Crippen molar-refractivity contribution in [2.45, 2.75) is 17.9 Å². The van der Waals surface area contributed by atoms with E-state index in [1.165, 1.54) is 12.1 Å². The molecular weight excluding hydrogens is 291 g/mol. The Morgan fingerprint density at radius 1 is 1.32 bits per heavy atom. The Morgan fingerprint density at radius 3 is 2.58 bits per heavy atom. The second-order valence-corrected chi connectivity index (χ2v) is 6.73. The maximum atomic E-state index is 13.2. The molecule has 2 aliphatic rings. The summed E-state index contributed by atoms with van der Waals surface area (Å²) in [5, 5.41) is 3.20. The molecule has 0 radical (unpaired) electrons. The Morgan fingerprint density at radius 2 is 1.95 bits per heavy atom. The van der Waals surface area contributed by atoms with Gasteiger partial charge in [-0.1, -0.05) is 6.07 Å². The first kappa shape index (κ1) is 14.7. The number of fused-ring (bicyclic) bond motifs is 1. The number of hydrogen-bond acceptors (Lipinski definition) is 3. The molecule has 0 aromatic heterocycles. The molecule has 0 amide bonds. The predicted molar refractivity (Wildman–Crippen MR) is 72.3 cm³/mol. The first-order valence-corrected chi connectivity index (χ1v) is 7.46. The molecule has 106 valence electrons. The molecule has 1 aromatic carbocycles. The van der Waals surface area contributed by atoms with Crippen LogP contribution in [0.2, 0.25) is 0 Å². The molecule has 1 heterocycles. The fourth-order valence-corrected chi connectivity index (χ4v) is 4.29. The molecule has 4 nitrogen and oxygen atoms in total. The van der Waals surface area contributed by atoms with E-state index in [1.54, 1.807) is 6.92 Å². The van der Waals surface area contributed by atoms with Crippen LogP contribution in [-0.2, 0) is 10.0 Å². The monoisotopic (exact) mass is 306 g/mol. The Labute approximate surface area is 118 Å². The average molecular weight is 307 g/mol. The molecule has 2 atom stereocenters. The van der Waals surface area contributed by atoms with Crippen molar-refractivity contribution >= 4 is 22.4 Å². The van der Waals surface area contributed by atoms with Crippen molar-refractivity contribution in [2.75, 3.05) is 13.1 Å². The third-order valence-corrected chi connectivity index (χ3v) is 5.42. The Kier molecular flexibility index (Phi) is 3.88. The van der Waals surface area contributed by atoms with Gasteiger partial charge in [0.15, 0.2) is 0 Å². The predicted octanol–water partition coefficient (Wildman–Crippen LogP) is 1.05. The van der Waals surface area contributed by atoms with Gasteiger partial charge in [-0.05, 0) is 49.5 Å². The zero-order valence-electron chi connectivity index (χ0n) is 10.4. The van der Waals surface area contributed by atoms with E-state index in [2.05, 4.69) is 10.0 Å². The van der Waals surface area contributed by atoms with E-state index in [4.69, 9.17) is 0 Å². The molecule has 0 bridgehead atoms. The molecule has 2 N–H and O–H groups in total. The summed E-state index contributed by atoms with van der Waals surface area (Å²) < 4.78 is 40.2. The summed E-state index contributed by atoms with van der Waals surface area (Å²) in [6.45, 7) is 3.39. The Bertz CT molecular complexity index is 583. The Balaban J connectivity index is 0.00000133. The number of piperidine rings is 1. The van der Waals surface area contributed by atoms with Crippen LogP contribution < -0.4 is 10.0 Å². The minimum Gasteiger partial charge on any atom is -0.316 e. The van der Waals surface area contributed by atoms with Gasteiger partial charge >= 0.3 is 0 Å². The lowest BCUT2D eigenvalue weighted by Gasteiger charge is -2.11. The van der Waals surface area contributed by atoms with Crippen LogP contribution in [0.15, 0.2) is 23.1 Å². The van der Waals surface area contributed by atoms with E-state index in [-0.39, 0.29) is 23.3 Å². The van der Waals surface area contributed by atoms with Gasteiger partial charge in [-0.2, -0.15) is 0 Å². The van der Waals surface area contributed by atoms with E-state index in [0.29, 0.717) is 17.4 Å². The van der Waals surface area contributed by atoms with Gasteiger partial charge in [0.2, 0.25) is 10.0 Å². The molecule has 1 aliphatic heterocycles. The lowest BCUT2D eigenvalue weighted by atomic mass is 10.2. The minimum absolute atomic E-state index is 0. The molecule has 1 saturated heterocycles. The number of halogens is 2. The first-order valence-electron chi connectivity index (χ1n) is 5.98. The molecule has 0 spiro atoms. The maximum absolute atomic E-state index is 13.2. The quantitative estimate of drug-likeness (QED) is 0.878. The average Bonchev–Trinajstić information content (AvgIpc) is 2.77. The van der Waals surface area contributed by atoms with Crippen LogP contribution in [0, 0.1) is 24.6 Å². The zero-order chi connectivity index (χ0) is 12.9. The highest BCUT2D eigenvalue weighted by Gasteiger charge is 2.54. The van der Waals surface area contributed by atoms with E-state index in [0.717, 1.165) is 19.2 Å². The minimum atomic E-state index is -3.61. The number of benzene rings is 1. The lowest BCUT2D eigenvalue weighted by molar-refractivity contribution is 0.562. The molecule has 1 aliphatic carbocycles. The summed E-state index contributed by atoms with van der Waals surface area (Å²) in [5.74, 6) is 0.265. The second kappa shape index (κ2) is 5.01. The lowest BCUT2D eigenvalue weighted by Crippen LogP contribution is -2.33. The summed E-state index contributed by atoms with van der Waals surface area (Å²) in [6.07, 6.45) is 0. The highest BCUT2D eigenvalue weighted by atomic mass is 35.5. The number of aryl methyl sites for hydroxylation is 1. The second-order valence-electron chi connectivity index (χ2n) is 5.04. The maximum Gasteiger partial charge on any atom is 0.241 e. The first-order chi connectivity index (χ1) is 8.49. The van der Waals surface area contributed by atoms with Crippen LogP contribution in [0.1, 0.15) is 5.56 Å². The molecule has 1 saturated carbocycles. The Hall–Kier alpha value is -0.690. The van der Waals surface area contributed by atoms with E-state index in [9.17, 15) is 12.8 Å². The number of rotatable bonds is 3. The van der Waals surface area contributed by atoms with Gasteiger partial charge in [0.05, 0.1) is 4.90 Å². The third-order valence-electron chi connectivity index (χ3n) is 3.82. The number of sulfonamides is 1. The number of nitrogens with one attached hydrogen (secondary N) is 2. The van der Waals surface area contributed by atoms with Crippen molar-refractivity contribution in [1.82, 2.24) is 10.0 Å². The highest BCUT2D eigenvalue weighted by Crippen LogP contribution is 2.42. The van der Waals surface area contributed by atoms with Crippen molar-refractivity contribution in [2.24, 2.45) is 11.8 Å². The topological polar surface area (TPSA) is 58.2 Å². The van der Waals surface area contributed by atoms with Gasteiger partial charge in [-0.25, -0.2) is 17.5 Å². The van der Waals surface area contributed by atoms with Crippen molar-refractivity contribution < 1.29 is 12.8 Å². The molecule has 1 aromatic rings. The molecule has 2 fully saturated rings. The number of hydrogen-bond donors (Lipinski definition) is 2. The fraction of sp³-hybridized carbons (Fsp3) is 0.500.